The number of rotatable bonds is 14. The van der Waals surface area contributed by atoms with Gasteiger partial charge in [0.1, 0.15) is 0 Å². The fourth-order valence-corrected chi connectivity index (χ4v) is 3.88. The monoisotopic (exact) mass is 354 g/mol. The first-order valence-electron chi connectivity index (χ1n) is 10.3. The van der Waals surface area contributed by atoms with E-state index in [9.17, 15) is 15.0 Å². The van der Waals surface area contributed by atoms with Crippen molar-refractivity contribution in [1.82, 2.24) is 0 Å². The minimum absolute atomic E-state index is 0.171. The third-order valence-corrected chi connectivity index (χ3v) is 5.45. The van der Waals surface area contributed by atoms with E-state index in [-0.39, 0.29) is 24.5 Å². The molecule has 0 aromatic heterocycles. The van der Waals surface area contributed by atoms with Crippen molar-refractivity contribution in [2.45, 2.75) is 103 Å². The molecule has 4 atom stereocenters. The summed E-state index contributed by atoms with van der Waals surface area (Å²) in [5.41, 5.74) is 0. The van der Waals surface area contributed by atoms with Crippen LogP contribution in [0, 0.1) is 11.8 Å². The summed E-state index contributed by atoms with van der Waals surface area (Å²) in [6.45, 7) is 2.18. The number of aliphatic hydroxyl groups excluding tert-OH is 2. The third-order valence-electron chi connectivity index (χ3n) is 5.45. The Balaban J connectivity index is 2.25. The number of unbranched alkanes of at least 4 members (excludes halogenated alkanes) is 6. The van der Waals surface area contributed by atoms with Gasteiger partial charge in [-0.15, -0.1) is 0 Å². The molecule has 3 N–H and O–H groups in total. The molecule has 1 rings (SSSR count). The lowest BCUT2D eigenvalue weighted by Crippen LogP contribution is -2.17. The van der Waals surface area contributed by atoms with Crippen LogP contribution in [0.4, 0.5) is 0 Å². The fourth-order valence-electron chi connectivity index (χ4n) is 3.88. The molecule has 1 saturated carbocycles. The van der Waals surface area contributed by atoms with Crippen LogP contribution in [-0.4, -0.2) is 33.5 Å². The van der Waals surface area contributed by atoms with Gasteiger partial charge in [-0.3, -0.25) is 4.79 Å². The quantitative estimate of drug-likeness (QED) is 0.312. The molecule has 0 unspecified atom stereocenters. The molecule has 25 heavy (non-hydrogen) atoms. The van der Waals surface area contributed by atoms with Crippen molar-refractivity contribution in [3.63, 3.8) is 0 Å². The molecule has 1 fully saturated rings. The summed E-state index contributed by atoms with van der Waals surface area (Å²) in [7, 11) is 0. The molecule has 0 radical (unpaired) electrons. The Morgan fingerprint density at radius 2 is 1.80 bits per heavy atom. The van der Waals surface area contributed by atoms with Crippen molar-refractivity contribution in [2.75, 3.05) is 0 Å². The van der Waals surface area contributed by atoms with Crippen molar-refractivity contribution in [2.24, 2.45) is 11.8 Å². The van der Waals surface area contributed by atoms with Gasteiger partial charge in [0.25, 0.3) is 0 Å². The lowest BCUT2D eigenvalue weighted by molar-refractivity contribution is -0.137. The van der Waals surface area contributed by atoms with Gasteiger partial charge >= 0.3 is 5.97 Å². The van der Waals surface area contributed by atoms with Crippen molar-refractivity contribution in [1.29, 1.82) is 0 Å². The Hall–Kier alpha value is -0.870. The lowest BCUT2D eigenvalue weighted by atomic mass is 9.89. The molecule has 1 aliphatic carbocycles. The van der Waals surface area contributed by atoms with Crippen LogP contribution < -0.4 is 0 Å². The summed E-state index contributed by atoms with van der Waals surface area (Å²) in [6, 6.07) is 0. The molecule has 1 aliphatic rings. The molecule has 0 aromatic carbocycles. The van der Waals surface area contributed by atoms with Gasteiger partial charge in [-0.1, -0.05) is 64.0 Å². The van der Waals surface area contributed by atoms with E-state index in [2.05, 4.69) is 13.0 Å². The number of carbonyl (C=O) groups is 1. The highest BCUT2D eigenvalue weighted by Crippen LogP contribution is 2.36. The number of hydrogen-bond acceptors (Lipinski definition) is 3. The average Bonchev–Trinajstić information content (AvgIpc) is 2.92. The Morgan fingerprint density at radius 3 is 2.52 bits per heavy atom. The van der Waals surface area contributed by atoms with Crippen LogP contribution in [0.15, 0.2) is 12.2 Å². The Bertz CT molecular complexity index is 380. The number of hydrogen-bond donors (Lipinski definition) is 3. The topological polar surface area (TPSA) is 77.8 Å². The highest BCUT2D eigenvalue weighted by molar-refractivity contribution is 5.66. The summed E-state index contributed by atoms with van der Waals surface area (Å²) in [5.74, 6) is -0.0419. The number of carboxylic acid groups (broad SMARTS) is 1. The molecule has 0 saturated heterocycles. The van der Waals surface area contributed by atoms with Crippen LogP contribution in [0.3, 0.4) is 0 Å². The number of carboxylic acids is 1. The summed E-state index contributed by atoms with van der Waals surface area (Å²) in [5, 5.41) is 28.9. The zero-order valence-electron chi connectivity index (χ0n) is 15.9. The lowest BCUT2D eigenvalue weighted by Gasteiger charge is -2.19. The van der Waals surface area contributed by atoms with E-state index in [0.717, 1.165) is 57.8 Å². The van der Waals surface area contributed by atoms with Crippen LogP contribution in [-0.2, 0) is 4.79 Å². The molecular weight excluding hydrogens is 316 g/mol. The molecule has 0 heterocycles. The SMILES string of the molecule is CCCCCC[C@H](O)C=C[C@@H]1[C@@H](CCCCCCC(=O)O)CC[C@H]1O. The maximum atomic E-state index is 10.5. The van der Waals surface area contributed by atoms with Gasteiger partial charge in [0, 0.05) is 12.3 Å². The van der Waals surface area contributed by atoms with Crippen LogP contribution in [0.1, 0.15) is 90.4 Å². The molecule has 4 heteroatoms. The van der Waals surface area contributed by atoms with Gasteiger partial charge in [-0.25, -0.2) is 0 Å². The van der Waals surface area contributed by atoms with Crippen LogP contribution in [0.5, 0.6) is 0 Å². The molecular formula is C21H38O4. The zero-order valence-corrected chi connectivity index (χ0v) is 15.9. The summed E-state index contributed by atoms with van der Waals surface area (Å²) >= 11 is 0. The standard InChI is InChI=1S/C21H38O4/c1-2-3-4-8-11-18(22)14-15-19-17(13-16-20(19)23)10-7-5-6-9-12-21(24)25/h14-15,17-20,22-23H,2-13,16H2,1H3,(H,24,25)/t17-,18-,19+,20+/m0/s1. The Morgan fingerprint density at radius 1 is 1.08 bits per heavy atom. The largest absolute Gasteiger partial charge is 0.481 e. The van der Waals surface area contributed by atoms with Crippen molar-refractivity contribution < 1.29 is 20.1 Å². The van der Waals surface area contributed by atoms with E-state index < -0.39 is 5.97 Å². The second-order valence-corrected chi connectivity index (χ2v) is 7.63. The summed E-state index contributed by atoms with van der Waals surface area (Å²) in [6.07, 6.45) is 15.9. The van der Waals surface area contributed by atoms with Crippen LogP contribution >= 0.6 is 0 Å². The van der Waals surface area contributed by atoms with Crippen molar-refractivity contribution >= 4 is 5.97 Å². The smallest absolute Gasteiger partial charge is 0.303 e. The van der Waals surface area contributed by atoms with Gasteiger partial charge in [-0.05, 0) is 38.0 Å². The van der Waals surface area contributed by atoms with Crippen LogP contribution in [0.2, 0.25) is 0 Å². The summed E-state index contributed by atoms with van der Waals surface area (Å²) < 4.78 is 0. The Kier molecular flexibility index (Phi) is 11.8. The van der Waals surface area contributed by atoms with Crippen molar-refractivity contribution in [3.05, 3.63) is 12.2 Å². The number of aliphatic hydroxyl groups is 2. The molecule has 4 nitrogen and oxygen atoms in total. The highest BCUT2D eigenvalue weighted by Gasteiger charge is 2.32. The Labute approximate surface area is 153 Å². The maximum absolute atomic E-state index is 10.5. The first kappa shape index (κ1) is 22.2. The molecule has 146 valence electrons. The van der Waals surface area contributed by atoms with Gasteiger partial charge in [0.15, 0.2) is 0 Å². The fraction of sp³-hybridized carbons (Fsp3) is 0.857. The highest BCUT2D eigenvalue weighted by atomic mass is 16.4. The van der Waals surface area contributed by atoms with Gasteiger partial charge in [0.2, 0.25) is 0 Å². The van der Waals surface area contributed by atoms with Crippen molar-refractivity contribution in [3.8, 4) is 0 Å². The van der Waals surface area contributed by atoms with E-state index in [0.29, 0.717) is 5.92 Å². The summed E-state index contributed by atoms with van der Waals surface area (Å²) in [4.78, 5) is 10.5. The van der Waals surface area contributed by atoms with E-state index >= 15 is 0 Å². The van der Waals surface area contributed by atoms with E-state index in [1.54, 1.807) is 0 Å². The predicted octanol–water partition coefficient (Wildman–Crippen LogP) is 4.69. The van der Waals surface area contributed by atoms with E-state index in [1.807, 2.05) is 6.08 Å². The third kappa shape index (κ3) is 10.0. The maximum Gasteiger partial charge on any atom is 0.303 e. The minimum atomic E-state index is -0.711. The van der Waals surface area contributed by atoms with E-state index in [1.165, 1.54) is 19.3 Å². The van der Waals surface area contributed by atoms with Crippen LogP contribution in [0.25, 0.3) is 0 Å². The minimum Gasteiger partial charge on any atom is -0.481 e. The first-order chi connectivity index (χ1) is 12.0. The zero-order chi connectivity index (χ0) is 18.5. The second-order valence-electron chi connectivity index (χ2n) is 7.63. The second kappa shape index (κ2) is 13.3. The molecule has 0 spiro atoms. The molecule has 0 aliphatic heterocycles. The van der Waals surface area contributed by atoms with Gasteiger partial charge < -0.3 is 15.3 Å². The average molecular weight is 355 g/mol. The first-order valence-corrected chi connectivity index (χ1v) is 10.3. The molecule has 0 aromatic rings. The predicted molar refractivity (Wildman–Crippen MR) is 101 cm³/mol. The molecule has 0 amide bonds. The normalized spacial score (nSPS) is 24.8. The number of aliphatic carboxylic acids is 1. The van der Waals surface area contributed by atoms with Gasteiger partial charge in [-0.2, -0.15) is 0 Å². The van der Waals surface area contributed by atoms with E-state index in [4.69, 9.17) is 5.11 Å². The van der Waals surface area contributed by atoms with Gasteiger partial charge in [0.05, 0.1) is 12.2 Å². The molecule has 0 bridgehead atoms.